The largest absolute Gasteiger partial charge is 0.496 e. The van der Waals surface area contributed by atoms with Crippen LogP contribution in [0.1, 0.15) is 5.56 Å². The van der Waals surface area contributed by atoms with Crippen molar-refractivity contribution in [3.63, 3.8) is 0 Å². The Morgan fingerprint density at radius 2 is 2.04 bits per heavy atom. The average molecular weight is 344 g/mol. The Morgan fingerprint density at radius 1 is 1.24 bits per heavy atom. The predicted molar refractivity (Wildman–Crippen MR) is 96.0 cm³/mol. The first-order valence-corrected chi connectivity index (χ1v) is 8.42. The van der Waals surface area contributed by atoms with Crippen molar-refractivity contribution < 1.29 is 19.4 Å². The van der Waals surface area contributed by atoms with Gasteiger partial charge in [-0.05, 0) is 23.3 Å². The highest BCUT2D eigenvalue weighted by Crippen LogP contribution is 2.28. The molecule has 2 N–H and O–H groups in total. The number of hydrogen-bond acceptors (Lipinski definition) is 4. The van der Waals surface area contributed by atoms with Crippen LogP contribution in [0.2, 0.25) is 0 Å². The number of methoxy groups -OCH3 is 2. The first-order chi connectivity index (χ1) is 12.1. The van der Waals surface area contributed by atoms with Crippen LogP contribution in [-0.2, 0) is 11.2 Å². The molecule has 0 unspecified atom stereocenters. The SMILES string of the molecule is COc1ccc2ccccc2c1CCNC(=O)N1C[C@H](OC)[C@@H](O)C1. The molecule has 2 atom stereocenters. The Bertz CT molecular complexity index is 749. The molecule has 0 saturated carbocycles. The van der Waals surface area contributed by atoms with E-state index in [4.69, 9.17) is 9.47 Å². The van der Waals surface area contributed by atoms with Gasteiger partial charge in [0, 0.05) is 19.2 Å². The number of likely N-dealkylation sites (tertiary alicyclic amines) is 1. The minimum absolute atomic E-state index is 0.183. The molecular formula is C19H24N2O4. The molecule has 1 aliphatic heterocycles. The van der Waals surface area contributed by atoms with E-state index in [2.05, 4.69) is 17.4 Å². The number of benzene rings is 2. The number of aliphatic hydroxyl groups excluding tert-OH is 1. The number of nitrogens with zero attached hydrogens (tertiary/aromatic N) is 1. The van der Waals surface area contributed by atoms with Crippen LogP contribution in [0.3, 0.4) is 0 Å². The summed E-state index contributed by atoms with van der Waals surface area (Å²) in [4.78, 5) is 13.9. The lowest BCUT2D eigenvalue weighted by molar-refractivity contribution is 0.0215. The van der Waals surface area contributed by atoms with E-state index in [1.807, 2.05) is 24.3 Å². The van der Waals surface area contributed by atoms with Crippen LogP contribution in [0.5, 0.6) is 5.75 Å². The molecule has 2 aromatic carbocycles. The van der Waals surface area contributed by atoms with E-state index in [0.717, 1.165) is 22.1 Å². The summed E-state index contributed by atoms with van der Waals surface area (Å²) < 4.78 is 10.6. The quantitative estimate of drug-likeness (QED) is 0.868. The topological polar surface area (TPSA) is 71.0 Å². The number of fused-ring (bicyclic) bond motifs is 1. The van der Waals surface area contributed by atoms with Crippen LogP contribution in [-0.4, -0.2) is 62.1 Å². The Balaban J connectivity index is 1.64. The fraction of sp³-hybridized carbons (Fsp3) is 0.421. The van der Waals surface area contributed by atoms with E-state index in [1.54, 1.807) is 19.1 Å². The van der Waals surface area contributed by atoms with Crippen LogP contribution in [0, 0.1) is 0 Å². The predicted octanol–water partition coefficient (Wildman–Crippen LogP) is 1.79. The Hall–Kier alpha value is -2.31. The number of rotatable bonds is 5. The van der Waals surface area contributed by atoms with Gasteiger partial charge in [0.25, 0.3) is 0 Å². The van der Waals surface area contributed by atoms with Crippen LogP contribution < -0.4 is 10.1 Å². The fourth-order valence-electron chi connectivity index (χ4n) is 3.33. The van der Waals surface area contributed by atoms with Gasteiger partial charge in [-0.2, -0.15) is 0 Å². The maximum absolute atomic E-state index is 12.3. The molecule has 0 bridgehead atoms. The number of hydrogen-bond donors (Lipinski definition) is 2. The first kappa shape index (κ1) is 17.5. The van der Waals surface area contributed by atoms with E-state index in [-0.39, 0.29) is 12.1 Å². The molecule has 0 aliphatic carbocycles. The summed E-state index contributed by atoms with van der Waals surface area (Å²) in [5.41, 5.74) is 1.08. The molecule has 2 amide bonds. The monoisotopic (exact) mass is 344 g/mol. The molecule has 1 saturated heterocycles. The molecule has 134 valence electrons. The third-order valence-electron chi connectivity index (χ3n) is 4.70. The summed E-state index contributed by atoms with van der Waals surface area (Å²) in [5.74, 6) is 0.823. The minimum atomic E-state index is -0.631. The van der Waals surface area contributed by atoms with Gasteiger partial charge in [0.15, 0.2) is 0 Å². The lowest BCUT2D eigenvalue weighted by atomic mass is 10.0. The molecule has 0 radical (unpaired) electrons. The summed E-state index contributed by atoms with van der Waals surface area (Å²) in [5, 5.41) is 15.0. The summed E-state index contributed by atoms with van der Waals surface area (Å²) in [6.45, 7) is 1.19. The highest BCUT2D eigenvalue weighted by molar-refractivity contribution is 5.87. The van der Waals surface area contributed by atoms with Crippen molar-refractivity contribution in [1.29, 1.82) is 0 Å². The molecule has 1 aliphatic rings. The van der Waals surface area contributed by atoms with Crippen molar-refractivity contribution >= 4 is 16.8 Å². The smallest absolute Gasteiger partial charge is 0.317 e. The zero-order valence-electron chi connectivity index (χ0n) is 14.6. The standard InChI is InChI=1S/C19H24N2O4/c1-24-17-8-7-13-5-3-4-6-14(13)15(17)9-10-20-19(23)21-11-16(22)18(12-21)25-2/h3-8,16,18,22H,9-12H2,1-2H3,(H,20,23)/t16-,18-/m0/s1. The lowest BCUT2D eigenvalue weighted by Crippen LogP contribution is -2.40. The van der Waals surface area contributed by atoms with Gasteiger partial charge in [0.1, 0.15) is 11.9 Å². The summed E-state index contributed by atoms with van der Waals surface area (Å²) in [6, 6.07) is 11.9. The second-order valence-corrected chi connectivity index (χ2v) is 6.20. The lowest BCUT2D eigenvalue weighted by Gasteiger charge is -2.17. The van der Waals surface area contributed by atoms with E-state index < -0.39 is 6.10 Å². The highest BCUT2D eigenvalue weighted by Gasteiger charge is 2.33. The van der Waals surface area contributed by atoms with Crippen molar-refractivity contribution in [2.24, 2.45) is 0 Å². The van der Waals surface area contributed by atoms with Crippen LogP contribution in [0.15, 0.2) is 36.4 Å². The molecule has 0 spiro atoms. The highest BCUT2D eigenvalue weighted by atomic mass is 16.5. The Morgan fingerprint density at radius 3 is 2.76 bits per heavy atom. The van der Waals surface area contributed by atoms with Crippen LogP contribution in [0.4, 0.5) is 4.79 Å². The molecule has 0 aromatic heterocycles. The van der Waals surface area contributed by atoms with Crippen molar-refractivity contribution in [2.75, 3.05) is 33.9 Å². The van der Waals surface area contributed by atoms with Gasteiger partial charge in [0.2, 0.25) is 0 Å². The maximum Gasteiger partial charge on any atom is 0.317 e. The third kappa shape index (κ3) is 3.70. The van der Waals surface area contributed by atoms with Crippen molar-refractivity contribution in [3.8, 4) is 5.75 Å². The molecule has 6 nitrogen and oxygen atoms in total. The summed E-state index contributed by atoms with van der Waals surface area (Å²) >= 11 is 0. The molecule has 2 aromatic rings. The number of carbonyl (C=O) groups is 1. The van der Waals surface area contributed by atoms with Gasteiger partial charge in [-0.3, -0.25) is 0 Å². The van der Waals surface area contributed by atoms with Gasteiger partial charge in [-0.15, -0.1) is 0 Å². The van der Waals surface area contributed by atoms with Gasteiger partial charge >= 0.3 is 6.03 Å². The second kappa shape index (κ2) is 7.72. The van der Waals surface area contributed by atoms with Gasteiger partial charge in [0.05, 0.1) is 26.3 Å². The Labute approximate surface area is 147 Å². The Kier molecular flexibility index (Phi) is 5.40. The van der Waals surface area contributed by atoms with E-state index in [1.165, 1.54) is 0 Å². The third-order valence-corrected chi connectivity index (χ3v) is 4.70. The number of amides is 2. The number of ether oxygens (including phenoxy) is 2. The summed E-state index contributed by atoms with van der Waals surface area (Å²) in [6.07, 6.45) is -0.279. The van der Waals surface area contributed by atoms with E-state index in [0.29, 0.717) is 26.1 Å². The molecule has 3 rings (SSSR count). The van der Waals surface area contributed by atoms with Crippen LogP contribution >= 0.6 is 0 Å². The van der Waals surface area contributed by atoms with Crippen LogP contribution in [0.25, 0.3) is 10.8 Å². The number of aliphatic hydroxyl groups is 1. The summed E-state index contributed by atoms with van der Waals surface area (Å²) in [7, 11) is 3.20. The van der Waals surface area contributed by atoms with E-state index in [9.17, 15) is 9.90 Å². The van der Waals surface area contributed by atoms with Crippen molar-refractivity contribution in [1.82, 2.24) is 10.2 Å². The fourth-order valence-corrected chi connectivity index (χ4v) is 3.33. The van der Waals surface area contributed by atoms with Gasteiger partial charge in [-0.25, -0.2) is 4.79 Å². The number of nitrogens with one attached hydrogen (secondary N) is 1. The number of urea groups is 1. The zero-order valence-corrected chi connectivity index (χ0v) is 14.6. The van der Waals surface area contributed by atoms with E-state index >= 15 is 0 Å². The molecule has 25 heavy (non-hydrogen) atoms. The molecular weight excluding hydrogens is 320 g/mol. The maximum atomic E-state index is 12.3. The average Bonchev–Trinajstić information content (AvgIpc) is 3.02. The molecule has 1 heterocycles. The first-order valence-electron chi connectivity index (χ1n) is 8.42. The normalized spacial score (nSPS) is 20.0. The minimum Gasteiger partial charge on any atom is -0.496 e. The second-order valence-electron chi connectivity index (χ2n) is 6.20. The number of carbonyl (C=O) groups excluding carboxylic acids is 1. The number of β-amino-alcohol motifs (C(OH)–C–C–N with tert-alkyl or cyclic N) is 1. The van der Waals surface area contributed by atoms with Gasteiger partial charge < -0.3 is 24.8 Å². The van der Waals surface area contributed by atoms with Crippen molar-refractivity contribution in [3.05, 3.63) is 42.0 Å². The zero-order chi connectivity index (χ0) is 17.8. The molecule has 1 fully saturated rings. The molecule has 6 heteroatoms. The van der Waals surface area contributed by atoms with Gasteiger partial charge in [-0.1, -0.05) is 30.3 Å². The van der Waals surface area contributed by atoms with Crippen molar-refractivity contribution in [2.45, 2.75) is 18.6 Å².